The van der Waals surface area contributed by atoms with Crippen molar-refractivity contribution < 1.29 is 0 Å². The van der Waals surface area contributed by atoms with E-state index >= 15 is 0 Å². The number of rotatable bonds is 0. The summed E-state index contributed by atoms with van der Waals surface area (Å²) in [6, 6.07) is 24.3. The summed E-state index contributed by atoms with van der Waals surface area (Å²) in [6.07, 6.45) is 0. The van der Waals surface area contributed by atoms with Gasteiger partial charge in [-0.3, -0.25) is 0 Å². The number of hydrogen-bond donors (Lipinski definition) is 0. The summed E-state index contributed by atoms with van der Waals surface area (Å²) in [7, 11) is 0. The summed E-state index contributed by atoms with van der Waals surface area (Å²) in [6.45, 7) is 0. The van der Waals surface area contributed by atoms with Gasteiger partial charge in [0.05, 0.1) is 0 Å². The molecular weight excluding hydrogens is 283 g/mol. The molecule has 84 valence electrons. The van der Waals surface area contributed by atoms with E-state index < -0.39 is 0 Å². The van der Waals surface area contributed by atoms with E-state index in [2.05, 4.69) is 66.7 Å². The van der Waals surface area contributed by atoms with Gasteiger partial charge in [0.1, 0.15) is 0 Å². The molecule has 4 aromatic rings. The Labute approximate surface area is 111 Å². The molecule has 0 N–H and O–H groups in total. The Hall–Kier alpha value is -1.69. The topological polar surface area (TPSA) is 0 Å². The van der Waals surface area contributed by atoms with Crippen molar-refractivity contribution in [1.29, 1.82) is 0 Å². The Morgan fingerprint density at radius 2 is 1.33 bits per heavy atom. The number of benzene rings is 3. The fraction of sp³-hybridized carbons (Fsp3) is 0. The van der Waals surface area contributed by atoms with Gasteiger partial charge in [0.25, 0.3) is 0 Å². The quantitative estimate of drug-likeness (QED) is 0.255. The summed E-state index contributed by atoms with van der Waals surface area (Å²) in [5.74, 6) is 0. The van der Waals surface area contributed by atoms with E-state index in [0.717, 1.165) is 0 Å². The molecule has 0 radical (unpaired) electrons. The second kappa shape index (κ2) is 3.91. The average Bonchev–Trinajstić information content (AvgIpc) is 2.45. The number of fused-ring (bicyclic) bond motifs is 4. The van der Waals surface area contributed by atoms with Crippen LogP contribution in [0.5, 0.6) is 0 Å². The van der Waals surface area contributed by atoms with Gasteiger partial charge in [-0.2, -0.15) is 0 Å². The van der Waals surface area contributed by atoms with E-state index in [-0.39, 0.29) is 0 Å². The number of hydrogen-bond acceptors (Lipinski definition) is 0. The second-order valence-electron chi connectivity index (χ2n) is 4.48. The molecule has 0 fully saturated rings. The molecule has 0 nitrogen and oxygen atoms in total. The van der Waals surface area contributed by atoms with Gasteiger partial charge in [0.2, 0.25) is 0 Å². The summed E-state index contributed by atoms with van der Waals surface area (Å²) in [4.78, 5) is 0. The maximum atomic E-state index is 2.35. The van der Waals surface area contributed by atoms with Crippen LogP contribution in [0.3, 0.4) is 0 Å². The predicted octanol–water partition coefficient (Wildman–Crippen LogP) is 4.48. The fourth-order valence-corrected chi connectivity index (χ4v) is 4.67. The van der Waals surface area contributed by atoms with Gasteiger partial charge in [-0.15, -0.1) is 0 Å². The van der Waals surface area contributed by atoms with Crippen molar-refractivity contribution in [3.63, 3.8) is 0 Å². The van der Waals surface area contributed by atoms with E-state index in [1.807, 2.05) is 0 Å². The van der Waals surface area contributed by atoms with Crippen molar-refractivity contribution in [1.82, 2.24) is 0 Å². The molecule has 0 aliphatic rings. The Bertz CT molecular complexity index is 872. The molecule has 0 amide bonds. The Morgan fingerprint density at radius 1 is 0.556 bits per heavy atom. The summed E-state index contributed by atoms with van der Waals surface area (Å²) >= 11 is 0.435. The Kier molecular flexibility index (Phi) is 2.23. The third-order valence-electron chi connectivity index (χ3n) is 3.37. The summed E-state index contributed by atoms with van der Waals surface area (Å²) in [5, 5.41) is 5.53. The SMILES string of the molecule is c1ccc2[se+]c3ccc4ccccc4c3cc2c1. The minimum atomic E-state index is 0.435. The molecule has 0 aliphatic carbocycles. The molecule has 18 heavy (non-hydrogen) atoms. The predicted molar refractivity (Wildman–Crippen MR) is 80.3 cm³/mol. The van der Waals surface area contributed by atoms with Gasteiger partial charge < -0.3 is 0 Å². The molecule has 4 rings (SSSR count). The van der Waals surface area contributed by atoms with Gasteiger partial charge >= 0.3 is 111 Å². The van der Waals surface area contributed by atoms with Crippen molar-refractivity contribution in [2.45, 2.75) is 0 Å². The molecule has 1 heteroatoms. The van der Waals surface area contributed by atoms with Crippen LogP contribution in [0, 0.1) is 0 Å². The van der Waals surface area contributed by atoms with Gasteiger partial charge in [-0.25, -0.2) is 0 Å². The molecule has 0 unspecified atom stereocenters. The van der Waals surface area contributed by atoms with Crippen molar-refractivity contribution in [3.05, 3.63) is 66.7 Å². The second-order valence-corrected chi connectivity index (χ2v) is 6.76. The average molecular weight is 294 g/mol. The van der Waals surface area contributed by atoms with Crippen LogP contribution in [0.2, 0.25) is 0 Å². The first-order valence-electron chi connectivity index (χ1n) is 6.05. The molecule has 1 heterocycles. The van der Waals surface area contributed by atoms with Crippen LogP contribution in [0.4, 0.5) is 0 Å². The zero-order valence-electron chi connectivity index (χ0n) is 9.76. The van der Waals surface area contributed by atoms with E-state index in [4.69, 9.17) is 0 Å². The van der Waals surface area contributed by atoms with Crippen LogP contribution >= 0.6 is 0 Å². The molecule has 0 atom stereocenters. The van der Waals surface area contributed by atoms with Crippen molar-refractivity contribution >= 4 is 44.6 Å². The van der Waals surface area contributed by atoms with E-state index in [0.29, 0.717) is 14.5 Å². The van der Waals surface area contributed by atoms with Crippen molar-refractivity contribution in [2.24, 2.45) is 0 Å². The summed E-state index contributed by atoms with van der Waals surface area (Å²) in [5.41, 5.74) is 0. The zero-order valence-corrected chi connectivity index (χ0v) is 11.5. The van der Waals surface area contributed by atoms with E-state index in [1.165, 1.54) is 30.1 Å². The Morgan fingerprint density at radius 3 is 2.28 bits per heavy atom. The van der Waals surface area contributed by atoms with Crippen LogP contribution in [0.25, 0.3) is 30.1 Å². The first-order chi connectivity index (χ1) is 8.92. The van der Waals surface area contributed by atoms with E-state index in [9.17, 15) is 0 Å². The van der Waals surface area contributed by atoms with Gasteiger partial charge in [0, 0.05) is 0 Å². The van der Waals surface area contributed by atoms with Crippen LogP contribution in [-0.2, 0) is 0 Å². The van der Waals surface area contributed by atoms with Crippen LogP contribution in [-0.4, -0.2) is 14.5 Å². The molecular formula is C17H11Se+. The standard InChI is InChI=1S/C17H11Se/c1-3-7-14-12(5-1)9-10-17-15(14)11-13-6-2-4-8-16(13)18-17/h1-11H/q+1. The van der Waals surface area contributed by atoms with E-state index in [1.54, 1.807) is 0 Å². The molecule has 0 aliphatic heterocycles. The molecule has 3 aromatic carbocycles. The third kappa shape index (κ3) is 1.49. The normalized spacial score (nSPS) is 11.3. The van der Waals surface area contributed by atoms with Gasteiger partial charge in [-0.05, 0) is 0 Å². The first kappa shape index (κ1) is 10.3. The molecule has 0 saturated carbocycles. The maximum absolute atomic E-state index is 2.35. The minimum absolute atomic E-state index is 0.435. The van der Waals surface area contributed by atoms with Crippen LogP contribution in [0.15, 0.2) is 66.7 Å². The molecule has 0 spiro atoms. The third-order valence-corrected chi connectivity index (χ3v) is 5.82. The zero-order chi connectivity index (χ0) is 11.9. The molecule has 0 saturated heterocycles. The molecule has 0 bridgehead atoms. The van der Waals surface area contributed by atoms with Gasteiger partial charge in [-0.1, -0.05) is 0 Å². The van der Waals surface area contributed by atoms with Crippen LogP contribution in [0.1, 0.15) is 0 Å². The molecule has 1 aromatic heterocycles. The van der Waals surface area contributed by atoms with Crippen molar-refractivity contribution in [3.8, 4) is 0 Å². The fourth-order valence-electron chi connectivity index (χ4n) is 2.48. The summed E-state index contributed by atoms with van der Waals surface area (Å²) < 4.78 is 2.99. The first-order valence-corrected chi connectivity index (χ1v) is 7.76. The van der Waals surface area contributed by atoms with Gasteiger partial charge in [0.15, 0.2) is 0 Å². The Balaban J connectivity index is 2.27. The monoisotopic (exact) mass is 295 g/mol. The van der Waals surface area contributed by atoms with Crippen LogP contribution < -0.4 is 0 Å². The van der Waals surface area contributed by atoms with Crippen molar-refractivity contribution in [2.75, 3.05) is 0 Å².